The quantitative estimate of drug-likeness (QED) is 0.706. The highest BCUT2D eigenvalue weighted by Crippen LogP contribution is 2.38. The second-order valence-electron chi connectivity index (χ2n) is 7.00. The fraction of sp³-hybridized carbons (Fsp3) is 0.273. The Bertz CT molecular complexity index is 991. The number of piperazine rings is 1. The second-order valence-corrected chi connectivity index (χ2v) is 7.41. The number of amides is 2. The number of anilines is 1. The number of likely N-dealkylation sites (tertiary alicyclic amines) is 1. The predicted octanol–water partition coefficient (Wildman–Crippen LogP) is 3.39. The average Bonchev–Trinajstić information content (AvgIpc) is 3.30. The van der Waals surface area contributed by atoms with Crippen molar-refractivity contribution in [3.8, 4) is 11.5 Å². The normalized spacial score (nSPS) is 20.6. The zero-order valence-electron chi connectivity index (χ0n) is 16.2. The second kappa shape index (κ2) is 7.79. The summed E-state index contributed by atoms with van der Waals surface area (Å²) < 4.78 is 10.5. The van der Waals surface area contributed by atoms with E-state index in [0.29, 0.717) is 35.2 Å². The van der Waals surface area contributed by atoms with Gasteiger partial charge in [-0.1, -0.05) is 29.8 Å². The van der Waals surface area contributed by atoms with Crippen LogP contribution < -0.4 is 14.4 Å². The van der Waals surface area contributed by atoms with Crippen LogP contribution in [0.3, 0.4) is 0 Å². The first-order valence-corrected chi connectivity index (χ1v) is 9.69. The standard InChI is InChI=1S/C22H21ClN2O4/c1-28-19-9-7-14(11-20(19)29-2)8-10-21(26)24-13-15-12-18(24)22(27)25(15)17-6-4-3-5-16(17)23/h3-11,15,18H,12-13H2,1-2H3/b10-8+/t15-,18-/m0/s1. The number of hydrogen-bond acceptors (Lipinski definition) is 4. The summed E-state index contributed by atoms with van der Waals surface area (Å²) in [5, 5.41) is 0.541. The van der Waals surface area contributed by atoms with E-state index in [1.807, 2.05) is 24.3 Å². The van der Waals surface area contributed by atoms with Crippen molar-refractivity contribution in [1.82, 2.24) is 4.90 Å². The minimum atomic E-state index is -0.446. The van der Waals surface area contributed by atoms with Crippen LogP contribution >= 0.6 is 11.6 Å². The molecule has 0 aliphatic carbocycles. The minimum absolute atomic E-state index is 0.0502. The first kappa shape index (κ1) is 19.3. The Hall–Kier alpha value is -2.99. The van der Waals surface area contributed by atoms with Gasteiger partial charge in [-0.25, -0.2) is 0 Å². The number of benzene rings is 2. The molecule has 2 aliphatic rings. The fourth-order valence-electron chi connectivity index (χ4n) is 4.00. The van der Waals surface area contributed by atoms with Crippen molar-refractivity contribution >= 4 is 35.2 Å². The van der Waals surface area contributed by atoms with Gasteiger partial charge in [0, 0.05) is 12.6 Å². The highest BCUT2D eigenvalue weighted by molar-refractivity contribution is 6.34. The molecule has 2 saturated heterocycles. The third-order valence-electron chi connectivity index (χ3n) is 5.39. The zero-order valence-corrected chi connectivity index (χ0v) is 16.9. The van der Waals surface area contributed by atoms with Crippen LogP contribution in [0.15, 0.2) is 48.5 Å². The molecule has 2 aromatic carbocycles. The van der Waals surface area contributed by atoms with Crippen molar-refractivity contribution < 1.29 is 19.1 Å². The molecule has 4 rings (SSSR count). The van der Waals surface area contributed by atoms with Crippen molar-refractivity contribution in [2.75, 3.05) is 25.7 Å². The maximum Gasteiger partial charge on any atom is 0.250 e. The first-order valence-electron chi connectivity index (χ1n) is 9.31. The Labute approximate surface area is 174 Å². The maximum atomic E-state index is 12.9. The SMILES string of the molecule is COc1ccc(/C=C/C(=O)N2C[C@@H]3C[C@H]2C(=O)N3c2ccccc2Cl)cc1OC. The van der Waals surface area contributed by atoms with E-state index in [-0.39, 0.29) is 17.9 Å². The van der Waals surface area contributed by atoms with Crippen LogP contribution in [0.25, 0.3) is 6.08 Å². The number of carbonyl (C=O) groups is 2. The molecule has 2 aromatic rings. The smallest absolute Gasteiger partial charge is 0.250 e. The molecule has 2 heterocycles. The minimum Gasteiger partial charge on any atom is -0.493 e. The summed E-state index contributed by atoms with van der Waals surface area (Å²) in [5.41, 5.74) is 1.52. The number of hydrogen-bond donors (Lipinski definition) is 0. The monoisotopic (exact) mass is 412 g/mol. The Morgan fingerprint density at radius 3 is 2.59 bits per heavy atom. The van der Waals surface area contributed by atoms with Crippen molar-refractivity contribution in [2.24, 2.45) is 0 Å². The van der Waals surface area contributed by atoms with E-state index < -0.39 is 6.04 Å². The van der Waals surface area contributed by atoms with Crippen molar-refractivity contribution in [1.29, 1.82) is 0 Å². The Morgan fingerprint density at radius 1 is 1.14 bits per heavy atom. The van der Waals surface area contributed by atoms with Gasteiger partial charge in [-0.2, -0.15) is 0 Å². The van der Waals surface area contributed by atoms with Gasteiger partial charge >= 0.3 is 0 Å². The maximum absolute atomic E-state index is 12.9. The molecule has 2 fully saturated rings. The molecule has 0 spiro atoms. The van der Waals surface area contributed by atoms with Gasteiger partial charge < -0.3 is 19.3 Å². The van der Waals surface area contributed by atoms with E-state index in [4.69, 9.17) is 21.1 Å². The summed E-state index contributed by atoms with van der Waals surface area (Å²) in [6.45, 7) is 0.497. The third kappa shape index (κ3) is 3.44. The van der Waals surface area contributed by atoms with Crippen molar-refractivity contribution in [2.45, 2.75) is 18.5 Å². The number of rotatable bonds is 5. The third-order valence-corrected chi connectivity index (χ3v) is 5.71. The summed E-state index contributed by atoms with van der Waals surface area (Å²) >= 11 is 6.26. The first-order chi connectivity index (χ1) is 14.0. The Kier molecular flexibility index (Phi) is 5.20. The van der Waals surface area contributed by atoms with Crippen LogP contribution in [-0.4, -0.2) is 49.6 Å². The van der Waals surface area contributed by atoms with Gasteiger partial charge in [0.15, 0.2) is 11.5 Å². The largest absolute Gasteiger partial charge is 0.493 e. The van der Waals surface area contributed by atoms with Gasteiger partial charge in [-0.05, 0) is 42.3 Å². The molecule has 2 atom stereocenters. The highest BCUT2D eigenvalue weighted by Gasteiger charge is 2.51. The molecule has 0 saturated carbocycles. The molecule has 2 amide bonds. The summed E-state index contributed by atoms with van der Waals surface area (Å²) in [4.78, 5) is 29.0. The van der Waals surface area contributed by atoms with Crippen LogP contribution in [0.2, 0.25) is 5.02 Å². The molecule has 7 heteroatoms. The number of fused-ring (bicyclic) bond motifs is 2. The fourth-order valence-corrected chi connectivity index (χ4v) is 4.23. The Morgan fingerprint density at radius 2 is 1.90 bits per heavy atom. The molecule has 2 bridgehead atoms. The van der Waals surface area contributed by atoms with E-state index in [2.05, 4.69) is 0 Å². The molecule has 0 radical (unpaired) electrons. The molecule has 2 aliphatic heterocycles. The summed E-state index contributed by atoms with van der Waals surface area (Å²) in [6, 6.07) is 12.2. The lowest BCUT2D eigenvalue weighted by Crippen LogP contribution is -2.52. The molecular formula is C22H21ClN2O4. The number of para-hydroxylation sites is 1. The molecule has 29 heavy (non-hydrogen) atoms. The molecule has 6 nitrogen and oxygen atoms in total. The highest BCUT2D eigenvalue weighted by atomic mass is 35.5. The zero-order chi connectivity index (χ0) is 20.5. The Balaban J connectivity index is 1.48. The topological polar surface area (TPSA) is 59.1 Å². The number of halogens is 1. The molecule has 0 N–H and O–H groups in total. The average molecular weight is 413 g/mol. The van der Waals surface area contributed by atoms with Crippen molar-refractivity contribution in [3.63, 3.8) is 0 Å². The van der Waals surface area contributed by atoms with E-state index in [1.54, 1.807) is 48.3 Å². The van der Waals surface area contributed by atoms with Gasteiger partial charge in [-0.3, -0.25) is 9.59 Å². The van der Waals surface area contributed by atoms with E-state index in [1.165, 1.54) is 6.08 Å². The molecule has 150 valence electrons. The van der Waals surface area contributed by atoms with Crippen molar-refractivity contribution in [3.05, 3.63) is 59.1 Å². The van der Waals surface area contributed by atoms with Gasteiger partial charge in [-0.15, -0.1) is 0 Å². The van der Waals surface area contributed by atoms with Crippen LogP contribution in [0.5, 0.6) is 11.5 Å². The van der Waals surface area contributed by atoms with E-state index in [0.717, 1.165) is 5.56 Å². The molecule has 0 aromatic heterocycles. The number of methoxy groups -OCH3 is 2. The summed E-state index contributed by atoms with van der Waals surface area (Å²) in [7, 11) is 3.13. The molecular weight excluding hydrogens is 392 g/mol. The lowest BCUT2D eigenvalue weighted by molar-refractivity contribution is -0.134. The lowest BCUT2D eigenvalue weighted by atomic mass is 10.1. The van der Waals surface area contributed by atoms with Crippen LogP contribution in [-0.2, 0) is 9.59 Å². The predicted molar refractivity (Wildman–Crippen MR) is 111 cm³/mol. The summed E-state index contributed by atoms with van der Waals surface area (Å²) in [6.07, 6.45) is 3.83. The van der Waals surface area contributed by atoms with Crippen LogP contribution in [0, 0.1) is 0 Å². The van der Waals surface area contributed by atoms with Crippen LogP contribution in [0.1, 0.15) is 12.0 Å². The van der Waals surface area contributed by atoms with Gasteiger partial charge in [0.25, 0.3) is 0 Å². The van der Waals surface area contributed by atoms with Gasteiger partial charge in [0.1, 0.15) is 6.04 Å². The van der Waals surface area contributed by atoms with E-state index in [9.17, 15) is 9.59 Å². The molecule has 0 unspecified atom stereocenters. The number of nitrogens with zero attached hydrogens (tertiary/aromatic N) is 2. The number of ether oxygens (including phenoxy) is 2. The van der Waals surface area contributed by atoms with Gasteiger partial charge in [0.2, 0.25) is 11.8 Å². The van der Waals surface area contributed by atoms with Gasteiger partial charge in [0.05, 0.1) is 31.0 Å². The summed E-state index contributed by atoms with van der Waals surface area (Å²) in [5.74, 6) is 0.952. The number of carbonyl (C=O) groups excluding carboxylic acids is 2. The van der Waals surface area contributed by atoms with Crippen LogP contribution in [0.4, 0.5) is 5.69 Å². The lowest BCUT2D eigenvalue weighted by Gasteiger charge is -2.33. The van der Waals surface area contributed by atoms with E-state index >= 15 is 0 Å².